The number of sulfonamides is 1. The zero-order valence-electron chi connectivity index (χ0n) is 12.1. The van der Waals surface area contributed by atoms with Crippen molar-refractivity contribution in [2.45, 2.75) is 11.3 Å². The van der Waals surface area contributed by atoms with Gasteiger partial charge in [-0.15, -0.1) is 0 Å². The third kappa shape index (κ3) is 2.14. The van der Waals surface area contributed by atoms with E-state index in [0.717, 1.165) is 11.1 Å². The average molecular weight is 327 g/mol. The van der Waals surface area contributed by atoms with Gasteiger partial charge in [-0.2, -0.15) is 0 Å². The minimum atomic E-state index is -3.65. The maximum absolute atomic E-state index is 12.8. The van der Waals surface area contributed by atoms with Crippen LogP contribution < -0.4 is 0 Å². The standard InChI is InChI=1S/C17H13NO4S/c19-16-8-13-10-18(23(20,21)14-4-2-1-3-5-14)9-12-6-7-22-11-15(16)17(12)13/h1-7,9,11H,8,10H2. The van der Waals surface area contributed by atoms with Gasteiger partial charge < -0.3 is 4.74 Å². The van der Waals surface area contributed by atoms with E-state index in [1.165, 1.54) is 16.8 Å². The molecule has 0 N–H and O–H groups in total. The average Bonchev–Trinajstić information content (AvgIpc) is 2.73. The Morgan fingerprint density at radius 2 is 1.91 bits per heavy atom. The fourth-order valence-corrected chi connectivity index (χ4v) is 4.36. The Morgan fingerprint density at radius 3 is 2.70 bits per heavy atom. The third-order valence-corrected chi connectivity index (χ3v) is 5.80. The number of ether oxygens (including phenoxy) is 1. The summed E-state index contributed by atoms with van der Waals surface area (Å²) in [5.74, 6) is -0.0384. The van der Waals surface area contributed by atoms with Gasteiger partial charge in [-0.05, 0) is 29.4 Å². The highest BCUT2D eigenvalue weighted by Crippen LogP contribution is 2.40. The molecule has 1 aromatic rings. The monoisotopic (exact) mass is 327 g/mol. The number of hydrogen-bond acceptors (Lipinski definition) is 4. The van der Waals surface area contributed by atoms with E-state index < -0.39 is 10.0 Å². The first-order chi connectivity index (χ1) is 11.1. The van der Waals surface area contributed by atoms with Crippen LogP contribution in [0.3, 0.4) is 0 Å². The molecule has 2 aliphatic heterocycles. The van der Waals surface area contributed by atoms with Crippen molar-refractivity contribution in [2.24, 2.45) is 0 Å². The van der Waals surface area contributed by atoms with Crippen LogP contribution in [0.4, 0.5) is 0 Å². The number of rotatable bonds is 2. The van der Waals surface area contributed by atoms with Crippen LogP contribution in [0.15, 0.2) is 82.3 Å². The minimum absolute atomic E-state index is 0.0384. The van der Waals surface area contributed by atoms with Crippen LogP contribution in [0.2, 0.25) is 0 Å². The van der Waals surface area contributed by atoms with Crippen LogP contribution in [-0.4, -0.2) is 25.1 Å². The number of ketones is 1. The largest absolute Gasteiger partial charge is 0.472 e. The molecule has 4 rings (SSSR count). The summed E-state index contributed by atoms with van der Waals surface area (Å²) in [6, 6.07) is 8.28. The first-order valence-corrected chi connectivity index (χ1v) is 8.58. The maximum Gasteiger partial charge on any atom is 0.264 e. The molecular weight excluding hydrogens is 314 g/mol. The zero-order valence-corrected chi connectivity index (χ0v) is 12.9. The van der Waals surface area contributed by atoms with Crippen LogP contribution in [0.25, 0.3) is 0 Å². The normalized spacial score (nSPS) is 19.8. The van der Waals surface area contributed by atoms with Crippen molar-refractivity contribution in [3.05, 3.63) is 77.4 Å². The molecule has 1 aromatic carbocycles. The van der Waals surface area contributed by atoms with Gasteiger partial charge in [-0.3, -0.25) is 9.10 Å². The summed E-state index contributed by atoms with van der Waals surface area (Å²) in [6.45, 7) is 0.187. The van der Waals surface area contributed by atoms with Gasteiger partial charge in [0, 0.05) is 18.2 Å². The van der Waals surface area contributed by atoms with Crippen LogP contribution in [0.5, 0.6) is 0 Å². The summed E-state index contributed by atoms with van der Waals surface area (Å²) in [6.07, 6.45) is 6.37. The molecule has 0 bridgehead atoms. The van der Waals surface area contributed by atoms with Crippen molar-refractivity contribution in [3.63, 3.8) is 0 Å². The zero-order chi connectivity index (χ0) is 16.0. The smallest absolute Gasteiger partial charge is 0.264 e. The SMILES string of the molecule is O=C1CC2=C3C(=CN(S(=O)(=O)c4ccccc4)C2)C=COC=C13. The Morgan fingerprint density at radius 1 is 1.13 bits per heavy atom. The number of nitrogens with zero attached hydrogens (tertiary/aromatic N) is 1. The molecule has 1 aliphatic carbocycles. The predicted molar refractivity (Wildman–Crippen MR) is 83.4 cm³/mol. The second-order valence-corrected chi connectivity index (χ2v) is 7.39. The summed E-state index contributed by atoms with van der Waals surface area (Å²) in [7, 11) is -3.65. The van der Waals surface area contributed by atoms with Gasteiger partial charge in [-0.25, -0.2) is 8.42 Å². The van der Waals surface area contributed by atoms with Gasteiger partial charge in [0.15, 0.2) is 5.78 Å². The van der Waals surface area contributed by atoms with E-state index in [4.69, 9.17) is 4.74 Å². The summed E-state index contributed by atoms with van der Waals surface area (Å²) in [5.41, 5.74) is 2.82. The van der Waals surface area contributed by atoms with E-state index in [-0.39, 0.29) is 23.6 Å². The molecule has 0 spiro atoms. The Kier molecular flexibility index (Phi) is 3.02. The molecule has 0 radical (unpaired) electrons. The number of benzene rings is 1. The molecule has 6 heteroatoms. The quantitative estimate of drug-likeness (QED) is 0.836. The van der Waals surface area contributed by atoms with Crippen molar-refractivity contribution < 1.29 is 17.9 Å². The molecule has 0 atom stereocenters. The highest BCUT2D eigenvalue weighted by molar-refractivity contribution is 7.89. The lowest BCUT2D eigenvalue weighted by Crippen LogP contribution is -2.30. The van der Waals surface area contributed by atoms with E-state index >= 15 is 0 Å². The molecule has 0 saturated heterocycles. The van der Waals surface area contributed by atoms with Gasteiger partial charge in [0.2, 0.25) is 0 Å². The van der Waals surface area contributed by atoms with Gasteiger partial charge in [0.1, 0.15) is 6.26 Å². The first-order valence-electron chi connectivity index (χ1n) is 7.14. The Bertz CT molecular complexity index is 921. The van der Waals surface area contributed by atoms with Crippen molar-refractivity contribution >= 4 is 15.8 Å². The van der Waals surface area contributed by atoms with E-state index in [1.54, 1.807) is 42.6 Å². The summed E-state index contributed by atoms with van der Waals surface area (Å²) in [5, 5.41) is 0. The fraction of sp³-hybridized carbons (Fsp3) is 0.118. The molecule has 0 saturated carbocycles. The van der Waals surface area contributed by atoms with Crippen molar-refractivity contribution in [1.29, 1.82) is 0 Å². The number of Topliss-reactive ketones (excluding diaryl/α,β-unsaturated/α-hetero) is 1. The van der Waals surface area contributed by atoms with Gasteiger partial charge in [0.05, 0.1) is 23.3 Å². The van der Waals surface area contributed by atoms with Crippen LogP contribution in [-0.2, 0) is 19.6 Å². The van der Waals surface area contributed by atoms with Crippen LogP contribution in [0, 0.1) is 0 Å². The van der Waals surface area contributed by atoms with Crippen molar-refractivity contribution in [1.82, 2.24) is 4.31 Å². The van der Waals surface area contributed by atoms with Gasteiger partial charge in [0.25, 0.3) is 10.0 Å². The Hall–Kier alpha value is -2.60. The lowest BCUT2D eigenvalue weighted by atomic mass is 9.98. The molecule has 0 unspecified atom stereocenters. The molecular formula is C17H13NO4S. The summed E-state index contributed by atoms with van der Waals surface area (Å²) >= 11 is 0. The molecule has 0 aromatic heterocycles. The van der Waals surface area contributed by atoms with E-state index in [2.05, 4.69) is 0 Å². The fourth-order valence-electron chi connectivity index (χ4n) is 3.01. The van der Waals surface area contributed by atoms with E-state index in [0.29, 0.717) is 11.1 Å². The lowest BCUT2D eigenvalue weighted by Gasteiger charge is -2.26. The highest BCUT2D eigenvalue weighted by Gasteiger charge is 2.36. The molecule has 5 nitrogen and oxygen atoms in total. The van der Waals surface area contributed by atoms with Gasteiger partial charge in [-0.1, -0.05) is 18.2 Å². The first kappa shape index (κ1) is 14.0. The van der Waals surface area contributed by atoms with Gasteiger partial charge >= 0.3 is 0 Å². The highest BCUT2D eigenvalue weighted by atomic mass is 32.2. The number of carbonyl (C=O) groups excluding carboxylic acids is 1. The van der Waals surface area contributed by atoms with Crippen LogP contribution in [0.1, 0.15) is 6.42 Å². The topological polar surface area (TPSA) is 63.7 Å². The number of hydrogen-bond donors (Lipinski definition) is 0. The van der Waals surface area contributed by atoms with Crippen LogP contribution >= 0.6 is 0 Å². The predicted octanol–water partition coefficient (Wildman–Crippen LogP) is 2.27. The number of carbonyl (C=O) groups is 1. The second kappa shape index (κ2) is 4.96. The number of allylic oxidation sites excluding steroid dienone is 4. The summed E-state index contributed by atoms with van der Waals surface area (Å²) in [4.78, 5) is 12.3. The Balaban J connectivity index is 1.80. The second-order valence-electron chi connectivity index (χ2n) is 5.50. The van der Waals surface area contributed by atoms with Crippen molar-refractivity contribution in [2.75, 3.05) is 6.54 Å². The molecule has 116 valence electrons. The molecule has 2 heterocycles. The molecule has 0 fully saturated rings. The van der Waals surface area contributed by atoms with Crippen molar-refractivity contribution in [3.8, 4) is 0 Å². The molecule has 23 heavy (non-hydrogen) atoms. The summed E-state index contributed by atoms with van der Waals surface area (Å²) < 4.78 is 32.1. The lowest BCUT2D eigenvalue weighted by molar-refractivity contribution is -0.114. The maximum atomic E-state index is 12.8. The molecule has 0 amide bonds. The third-order valence-electron chi connectivity index (χ3n) is 4.08. The molecule has 3 aliphatic rings. The Labute approximate surface area is 133 Å². The minimum Gasteiger partial charge on any atom is -0.472 e. The van der Waals surface area contributed by atoms with E-state index in [1.807, 2.05) is 0 Å². The van der Waals surface area contributed by atoms with E-state index in [9.17, 15) is 13.2 Å².